The third kappa shape index (κ3) is 4.13. The third-order valence-corrected chi connectivity index (χ3v) is 6.33. The first-order chi connectivity index (χ1) is 14.3. The molecule has 6 nitrogen and oxygen atoms in total. The van der Waals surface area contributed by atoms with Crippen molar-refractivity contribution in [1.82, 2.24) is 9.80 Å². The van der Waals surface area contributed by atoms with Gasteiger partial charge in [0.25, 0.3) is 0 Å². The number of nitrogens with zero attached hydrogens (tertiary/aromatic N) is 2. The van der Waals surface area contributed by atoms with Gasteiger partial charge in [-0.3, -0.25) is 4.90 Å². The van der Waals surface area contributed by atoms with Crippen molar-refractivity contribution in [2.75, 3.05) is 32.8 Å². The van der Waals surface area contributed by atoms with Crippen LogP contribution in [0.2, 0.25) is 0 Å². The summed E-state index contributed by atoms with van der Waals surface area (Å²) < 4.78 is 18.3. The average molecular weight is 415 g/mol. The van der Waals surface area contributed by atoms with E-state index in [1.165, 1.54) is 5.56 Å². The minimum Gasteiger partial charge on any atom is -0.444 e. The van der Waals surface area contributed by atoms with Crippen molar-refractivity contribution >= 4 is 6.09 Å². The SMILES string of the molecule is C=CCC1C2CN(Cc3ccccc3)C[C@H](CN1C(=O)OC(C)(C)C)C21OCCO1. The normalized spacial score (nSPS) is 28.5. The number of hydrogen-bond donors (Lipinski definition) is 0. The van der Waals surface area contributed by atoms with Gasteiger partial charge in [0.2, 0.25) is 0 Å². The summed E-state index contributed by atoms with van der Waals surface area (Å²) in [6.07, 6.45) is 2.32. The lowest BCUT2D eigenvalue weighted by Gasteiger charge is -2.58. The lowest BCUT2D eigenvalue weighted by atomic mass is 9.72. The summed E-state index contributed by atoms with van der Waals surface area (Å²) in [5, 5.41) is 0. The maximum atomic E-state index is 13.1. The van der Waals surface area contributed by atoms with E-state index in [1.54, 1.807) is 0 Å². The summed E-state index contributed by atoms with van der Waals surface area (Å²) in [5.41, 5.74) is 0.767. The number of hydrogen-bond acceptors (Lipinski definition) is 5. The fourth-order valence-electron chi connectivity index (χ4n) is 5.24. The van der Waals surface area contributed by atoms with Gasteiger partial charge in [0, 0.05) is 44.1 Å². The molecular formula is C24H34N2O4. The first kappa shape index (κ1) is 21.3. The number of rotatable bonds is 4. The molecule has 3 atom stereocenters. The van der Waals surface area contributed by atoms with Gasteiger partial charge in [-0.25, -0.2) is 4.79 Å². The second-order valence-electron chi connectivity index (χ2n) is 9.63. The molecule has 0 saturated carbocycles. The molecular weight excluding hydrogens is 380 g/mol. The largest absolute Gasteiger partial charge is 0.444 e. The number of amides is 1. The van der Waals surface area contributed by atoms with E-state index in [9.17, 15) is 4.79 Å². The highest BCUT2D eigenvalue weighted by molar-refractivity contribution is 5.69. The first-order valence-corrected chi connectivity index (χ1v) is 11.0. The van der Waals surface area contributed by atoms with Gasteiger partial charge < -0.3 is 19.1 Å². The minimum atomic E-state index is -0.612. The molecule has 3 aliphatic rings. The second kappa shape index (κ2) is 8.33. The Balaban J connectivity index is 1.61. The van der Waals surface area contributed by atoms with Crippen LogP contribution in [-0.4, -0.2) is 66.2 Å². The highest BCUT2D eigenvalue weighted by Crippen LogP contribution is 2.48. The Morgan fingerprint density at radius 1 is 1.20 bits per heavy atom. The summed E-state index contributed by atoms with van der Waals surface area (Å²) >= 11 is 0. The second-order valence-corrected chi connectivity index (χ2v) is 9.63. The minimum absolute atomic E-state index is 0.0433. The molecule has 6 heteroatoms. The number of carbonyl (C=O) groups is 1. The zero-order valence-corrected chi connectivity index (χ0v) is 18.4. The highest BCUT2D eigenvalue weighted by atomic mass is 16.7. The average Bonchev–Trinajstić information content (AvgIpc) is 3.14. The molecule has 1 aromatic rings. The van der Waals surface area contributed by atoms with Crippen LogP contribution in [0.1, 0.15) is 32.8 Å². The monoisotopic (exact) mass is 414 g/mol. The zero-order valence-electron chi connectivity index (χ0n) is 18.4. The number of benzene rings is 1. The van der Waals surface area contributed by atoms with Crippen LogP contribution in [-0.2, 0) is 20.8 Å². The Kier molecular flexibility index (Phi) is 5.93. The smallest absolute Gasteiger partial charge is 0.410 e. The van der Waals surface area contributed by atoms with Crippen molar-refractivity contribution in [3.05, 3.63) is 48.6 Å². The zero-order chi connectivity index (χ0) is 21.4. The number of likely N-dealkylation sites (tertiary alicyclic amines) is 2. The van der Waals surface area contributed by atoms with Crippen LogP contribution >= 0.6 is 0 Å². The summed E-state index contributed by atoms with van der Waals surface area (Å²) in [5.74, 6) is -0.489. The molecule has 1 amide bonds. The van der Waals surface area contributed by atoms with Crippen molar-refractivity contribution in [2.45, 2.75) is 51.2 Å². The molecule has 0 radical (unpaired) electrons. The molecule has 2 bridgehead atoms. The van der Waals surface area contributed by atoms with Crippen molar-refractivity contribution in [1.29, 1.82) is 0 Å². The van der Waals surface area contributed by atoms with E-state index in [2.05, 4.69) is 35.7 Å². The molecule has 3 aliphatic heterocycles. The van der Waals surface area contributed by atoms with Gasteiger partial charge in [-0.1, -0.05) is 36.4 Å². The molecule has 0 aliphatic carbocycles. The molecule has 3 heterocycles. The molecule has 3 fully saturated rings. The van der Waals surface area contributed by atoms with E-state index in [0.717, 1.165) is 19.6 Å². The summed E-state index contributed by atoms with van der Waals surface area (Å²) in [6.45, 7) is 14.0. The van der Waals surface area contributed by atoms with Crippen molar-refractivity contribution in [2.24, 2.45) is 11.8 Å². The van der Waals surface area contributed by atoms with Gasteiger partial charge in [0.15, 0.2) is 5.79 Å². The molecule has 30 heavy (non-hydrogen) atoms. The van der Waals surface area contributed by atoms with E-state index in [1.807, 2.05) is 37.8 Å². The van der Waals surface area contributed by atoms with Crippen molar-refractivity contribution in [3.63, 3.8) is 0 Å². The summed E-state index contributed by atoms with van der Waals surface area (Å²) in [6, 6.07) is 10.5. The quantitative estimate of drug-likeness (QED) is 0.704. The Hall–Kier alpha value is -1.89. The van der Waals surface area contributed by atoms with Crippen molar-refractivity contribution < 1.29 is 19.0 Å². The van der Waals surface area contributed by atoms with Crippen molar-refractivity contribution in [3.8, 4) is 0 Å². The van der Waals surface area contributed by atoms with Crippen LogP contribution in [0, 0.1) is 11.8 Å². The number of piperidine rings is 2. The van der Waals surface area contributed by atoms with Gasteiger partial charge in [0.05, 0.1) is 13.2 Å². The molecule has 4 rings (SSSR count). The Morgan fingerprint density at radius 2 is 1.90 bits per heavy atom. The molecule has 3 saturated heterocycles. The van der Waals surface area contributed by atoms with Gasteiger partial charge in [-0.05, 0) is 32.8 Å². The van der Waals surface area contributed by atoms with Gasteiger partial charge in [-0.2, -0.15) is 0 Å². The van der Waals surface area contributed by atoms with Crippen LogP contribution in [0.4, 0.5) is 4.79 Å². The predicted molar refractivity (Wildman–Crippen MR) is 115 cm³/mol. The van der Waals surface area contributed by atoms with E-state index in [4.69, 9.17) is 14.2 Å². The van der Waals surface area contributed by atoms with Crippen LogP contribution in [0.25, 0.3) is 0 Å². The third-order valence-electron chi connectivity index (χ3n) is 6.33. The fourth-order valence-corrected chi connectivity index (χ4v) is 5.24. The standard InChI is InChI=1S/C24H34N2O4/c1-5-9-21-20-17-25(14-18-10-7-6-8-11-18)15-19(24(20)28-12-13-29-24)16-26(21)22(27)30-23(2,3)4/h5-8,10-11,19-21H,1,9,12-17H2,2-4H3/t19-,20?,21?/m1/s1. The van der Waals surface area contributed by atoms with E-state index in [0.29, 0.717) is 26.2 Å². The van der Waals surface area contributed by atoms with Crippen LogP contribution < -0.4 is 0 Å². The number of ether oxygens (including phenoxy) is 3. The van der Waals surface area contributed by atoms with Crippen LogP contribution in [0.3, 0.4) is 0 Å². The molecule has 0 aromatic heterocycles. The molecule has 164 valence electrons. The van der Waals surface area contributed by atoms with Gasteiger partial charge in [-0.15, -0.1) is 6.58 Å². The maximum Gasteiger partial charge on any atom is 0.410 e. The summed E-state index contributed by atoms with van der Waals surface area (Å²) in [7, 11) is 0. The van der Waals surface area contributed by atoms with Gasteiger partial charge in [0.1, 0.15) is 5.60 Å². The molecule has 0 N–H and O–H groups in total. The maximum absolute atomic E-state index is 13.1. The van der Waals surface area contributed by atoms with E-state index < -0.39 is 11.4 Å². The molecule has 1 aromatic carbocycles. The van der Waals surface area contributed by atoms with Crippen LogP contribution in [0.15, 0.2) is 43.0 Å². The van der Waals surface area contributed by atoms with Gasteiger partial charge >= 0.3 is 6.09 Å². The topological polar surface area (TPSA) is 51.2 Å². The van der Waals surface area contributed by atoms with Crippen LogP contribution in [0.5, 0.6) is 0 Å². The number of carbonyl (C=O) groups excluding carboxylic acids is 1. The molecule has 2 unspecified atom stereocenters. The van der Waals surface area contributed by atoms with E-state index in [-0.39, 0.29) is 24.0 Å². The fraction of sp³-hybridized carbons (Fsp3) is 0.625. The highest BCUT2D eigenvalue weighted by Gasteiger charge is 2.61. The lowest BCUT2D eigenvalue weighted by molar-refractivity contribution is -0.287. The summed E-state index contributed by atoms with van der Waals surface area (Å²) in [4.78, 5) is 17.5. The molecule has 1 spiro atoms. The Labute approximate surface area is 179 Å². The predicted octanol–water partition coefficient (Wildman–Crippen LogP) is 3.67. The lowest BCUT2D eigenvalue weighted by Crippen LogP contribution is -2.71. The Morgan fingerprint density at radius 3 is 2.53 bits per heavy atom. The first-order valence-electron chi connectivity index (χ1n) is 11.0. The Bertz CT molecular complexity index is 754. The van der Waals surface area contributed by atoms with E-state index >= 15 is 0 Å².